The van der Waals surface area contributed by atoms with Gasteiger partial charge in [0.2, 0.25) is 23.6 Å². The molecule has 356 valence electrons. The van der Waals surface area contributed by atoms with Crippen LogP contribution in [0.1, 0.15) is 48.7 Å². The number of primary amides is 2. The number of amides is 6. The standard InChI is InChI=1S/2C20H25N5O6S2.2Na/c2*1-8-14-13(9(2)26)18(29)25(14)15(19(30)31)16(8)33-10-4-24(5-10)20-22-11(7-32-20)17(28)23(3)6-12(21)27;;/h2*7-10,13-14,26H,4-6H2,1-3H3,(H2,21,27)(H,30,31);;/q;;2*+1/p-2/t2*8-,9-,13-,14-;;/m11../s1. The average molecular weight is 1040 g/mol. The summed E-state index contributed by atoms with van der Waals surface area (Å²) in [6.45, 7) is 8.81. The summed E-state index contributed by atoms with van der Waals surface area (Å²) in [7, 11) is 2.95. The van der Waals surface area contributed by atoms with Crippen LogP contribution in [0, 0.1) is 23.7 Å². The molecule has 0 saturated carbocycles. The molecule has 6 N–H and O–H groups in total. The van der Waals surface area contributed by atoms with E-state index in [4.69, 9.17) is 11.5 Å². The largest absolute Gasteiger partial charge is 1.00 e. The Morgan fingerprint density at radius 2 is 1.03 bits per heavy atom. The van der Waals surface area contributed by atoms with Crippen molar-refractivity contribution in [2.24, 2.45) is 35.1 Å². The van der Waals surface area contributed by atoms with Gasteiger partial charge >= 0.3 is 59.1 Å². The molecule has 8 rings (SSSR count). The van der Waals surface area contributed by atoms with Gasteiger partial charge in [-0.1, -0.05) is 13.8 Å². The van der Waals surface area contributed by atoms with Crippen LogP contribution in [0.3, 0.4) is 0 Å². The number of hydrogen-bond acceptors (Lipinski definition) is 20. The summed E-state index contributed by atoms with van der Waals surface area (Å²) >= 11 is 5.45. The van der Waals surface area contributed by atoms with Gasteiger partial charge in [0, 0.05) is 83.2 Å². The zero-order valence-electron chi connectivity index (χ0n) is 38.5. The molecule has 0 bridgehead atoms. The van der Waals surface area contributed by atoms with E-state index in [0.29, 0.717) is 46.3 Å². The van der Waals surface area contributed by atoms with E-state index in [-0.39, 0.29) is 141 Å². The second-order valence-corrected chi connectivity index (χ2v) is 21.4. The van der Waals surface area contributed by atoms with Gasteiger partial charge in [-0.2, -0.15) is 0 Å². The predicted molar refractivity (Wildman–Crippen MR) is 238 cm³/mol. The number of fused-ring (bicyclic) bond motifs is 2. The van der Waals surface area contributed by atoms with Crippen LogP contribution in [-0.4, -0.2) is 175 Å². The fraction of sp³-hybridized carbons (Fsp3) is 0.550. The van der Waals surface area contributed by atoms with E-state index in [1.165, 1.54) is 79.9 Å². The van der Waals surface area contributed by atoms with Gasteiger partial charge in [0.1, 0.15) is 11.4 Å². The van der Waals surface area contributed by atoms with Crippen molar-refractivity contribution in [3.8, 4) is 0 Å². The molecule has 2 aromatic heterocycles. The molecule has 0 spiro atoms. The van der Waals surface area contributed by atoms with Crippen LogP contribution in [-0.2, 0) is 28.8 Å². The van der Waals surface area contributed by atoms with Crippen molar-refractivity contribution in [1.82, 2.24) is 29.6 Å². The van der Waals surface area contributed by atoms with E-state index >= 15 is 0 Å². The third-order valence-corrected chi connectivity index (χ3v) is 17.0. The quantitative estimate of drug-likeness (QED) is 0.0896. The Morgan fingerprint density at radius 3 is 1.31 bits per heavy atom. The second kappa shape index (κ2) is 22.0. The topological polar surface area (TPSA) is 320 Å². The first-order valence-electron chi connectivity index (χ1n) is 20.8. The number of aliphatic carboxylic acids is 2. The van der Waals surface area contributed by atoms with Gasteiger partial charge in [-0.15, -0.1) is 46.2 Å². The minimum absolute atomic E-state index is 0. The molecule has 6 aliphatic rings. The zero-order valence-corrected chi connectivity index (χ0v) is 45.8. The Bertz CT molecular complexity index is 2280. The van der Waals surface area contributed by atoms with E-state index in [1.807, 2.05) is 23.6 Å². The maximum atomic E-state index is 12.4. The summed E-state index contributed by atoms with van der Waals surface area (Å²) in [6, 6.07) is -0.733. The number of aliphatic hydroxyl groups is 2. The molecule has 68 heavy (non-hydrogen) atoms. The number of nitrogens with zero attached hydrogens (tertiary/aromatic N) is 8. The Balaban J connectivity index is 0.000000247. The molecule has 22 nitrogen and oxygen atoms in total. The number of β-lactam (4-membered cyclic amide) rings is 2. The van der Waals surface area contributed by atoms with Gasteiger partial charge in [0.25, 0.3) is 11.8 Å². The van der Waals surface area contributed by atoms with Crippen LogP contribution in [0.25, 0.3) is 0 Å². The molecule has 8 heterocycles. The number of thioether (sulfide) groups is 2. The molecule has 0 unspecified atom stereocenters. The van der Waals surface area contributed by atoms with Crippen LogP contribution in [0.4, 0.5) is 10.3 Å². The van der Waals surface area contributed by atoms with Crippen LogP contribution < -0.4 is 90.6 Å². The van der Waals surface area contributed by atoms with Gasteiger partial charge in [-0.05, 0) is 13.8 Å². The van der Waals surface area contributed by atoms with E-state index < -0.39 is 59.6 Å². The summed E-state index contributed by atoms with van der Waals surface area (Å²) < 4.78 is 0. The minimum Gasteiger partial charge on any atom is -0.543 e. The summed E-state index contributed by atoms with van der Waals surface area (Å²) in [5.41, 5.74) is 10.5. The molecule has 0 aliphatic carbocycles. The Morgan fingerprint density at radius 1 is 0.706 bits per heavy atom. The first-order valence-corrected chi connectivity index (χ1v) is 24.3. The third-order valence-electron chi connectivity index (χ3n) is 12.3. The Kier molecular flexibility index (Phi) is 18.0. The molecule has 4 saturated heterocycles. The summed E-state index contributed by atoms with van der Waals surface area (Å²) in [6.07, 6.45) is -1.70. The average Bonchev–Trinajstić information content (AvgIpc) is 3.97. The van der Waals surface area contributed by atoms with Gasteiger partial charge < -0.3 is 70.9 Å². The van der Waals surface area contributed by atoms with Crippen LogP contribution in [0.5, 0.6) is 0 Å². The molecule has 4 fully saturated rings. The van der Waals surface area contributed by atoms with Gasteiger partial charge in [-0.3, -0.25) is 28.8 Å². The Hall–Kier alpha value is -3.28. The van der Waals surface area contributed by atoms with Crippen LogP contribution in [0.15, 0.2) is 32.0 Å². The van der Waals surface area contributed by atoms with Gasteiger partial charge in [0.15, 0.2) is 10.3 Å². The zero-order chi connectivity index (χ0) is 48.4. The summed E-state index contributed by atoms with van der Waals surface area (Å²) in [4.78, 5) is 114. The number of aliphatic hydroxyl groups excluding tert-OH is 2. The first-order chi connectivity index (χ1) is 31.0. The number of carbonyl (C=O) groups excluding carboxylic acids is 8. The number of carboxylic acids is 2. The SMILES string of the molecule is C[C@@H](O)[C@H]1C(=O)N2C(C(=O)[O-])=C(SC3CN(c4nc(C(=O)N(C)CC(N)=O)cs4)C3)[C@H](C)[C@H]12.C[C@@H](O)[C@H]1C(=O)N2C(C(=O)[O-])=C(SC3CN(c4nc(C(=O)N(C)CC(N)=O)cs4)C3)[C@H](C)[C@H]12.[Na+].[Na+]. The maximum absolute atomic E-state index is 12.4. The summed E-state index contributed by atoms with van der Waals surface area (Å²) in [5, 5.41) is 48.2. The fourth-order valence-corrected chi connectivity index (χ4v) is 13.7. The smallest absolute Gasteiger partial charge is 0.543 e. The number of likely N-dealkylation sites (N-methyl/N-ethyl adjacent to an activating group) is 2. The van der Waals surface area contributed by atoms with Crippen LogP contribution in [0.2, 0.25) is 0 Å². The Labute approximate surface area is 451 Å². The summed E-state index contributed by atoms with van der Waals surface area (Å²) in [5.74, 6) is -7.18. The minimum atomic E-state index is -1.39. The molecule has 28 heteroatoms. The van der Waals surface area contributed by atoms with E-state index in [1.54, 1.807) is 24.6 Å². The van der Waals surface area contributed by atoms with E-state index in [0.717, 1.165) is 0 Å². The van der Waals surface area contributed by atoms with Gasteiger partial charge in [0.05, 0.1) is 72.5 Å². The number of nitrogens with two attached hydrogens (primary N) is 2. The predicted octanol–water partition coefficient (Wildman–Crippen LogP) is -9.11. The number of thiazole rings is 2. The molecular formula is C40H48N10Na2O12S4. The third kappa shape index (κ3) is 10.5. The number of carbonyl (C=O) groups is 8. The second-order valence-electron chi connectivity index (χ2n) is 17.1. The molecule has 0 aromatic carbocycles. The molecule has 8 atom stereocenters. The number of rotatable bonds is 16. The van der Waals surface area contributed by atoms with Crippen LogP contribution >= 0.6 is 46.2 Å². The number of aromatic nitrogens is 2. The van der Waals surface area contributed by atoms with Crippen molar-refractivity contribution >= 4 is 104 Å². The number of hydrogen-bond donors (Lipinski definition) is 4. The number of carboxylic acid groups (broad SMARTS) is 2. The van der Waals surface area contributed by atoms with Gasteiger partial charge in [-0.25, -0.2) is 9.97 Å². The van der Waals surface area contributed by atoms with E-state index in [9.17, 15) is 58.8 Å². The first kappa shape index (κ1) is 55.6. The monoisotopic (exact) mass is 1030 g/mol. The van der Waals surface area contributed by atoms with Crippen molar-refractivity contribution in [1.29, 1.82) is 0 Å². The van der Waals surface area contributed by atoms with Crippen molar-refractivity contribution in [3.05, 3.63) is 43.4 Å². The maximum Gasteiger partial charge on any atom is 1.00 e. The van der Waals surface area contributed by atoms with Crippen molar-refractivity contribution in [3.63, 3.8) is 0 Å². The molecule has 6 amide bonds. The normalized spacial score (nSPS) is 24.7. The molecule has 0 radical (unpaired) electrons. The fourth-order valence-electron chi connectivity index (χ4n) is 9.05. The number of anilines is 2. The van der Waals surface area contributed by atoms with Crippen molar-refractivity contribution in [2.75, 3.05) is 63.2 Å². The molecule has 2 aromatic rings. The molecule has 6 aliphatic heterocycles. The molecular weight excluding hydrogens is 987 g/mol. The van der Waals surface area contributed by atoms with E-state index in [2.05, 4.69) is 9.97 Å². The van der Waals surface area contributed by atoms with Crippen molar-refractivity contribution in [2.45, 2.75) is 62.5 Å². The van der Waals surface area contributed by atoms with Crippen molar-refractivity contribution < 1.29 is 118 Å².